The Labute approximate surface area is 153 Å². The molecule has 1 aliphatic rings. The van der Waals surface area contributed by atoms with Gasteiger partial charge in [-0.1, -0.05) is 6.07 Å². The van der Waals surface area contributed by atoms with E-state index in [0.29, 0.717) is 24.7 Å². The van der Waals surface area contributed by atoms with Crippen LogP contribution in [0.5, 0.6) is 0 Å². The summed E-state index contributed by atoms with van der Waals surface area (Å²) in [6, 6.07) is 8.20. The van der Waals surface area contributed by atoms with Crippen molar-refractivity contribution >= 4 is 15.9 Å². The molecule has 1 amide bonds. The summed E-state index contributed by atoms with van der Waals surface area (Å²) < 4.78 is 32.4. The summed E-state index contributed by atoms with van der Waals surface area (Å²) in [6.07, 6.45) is 3.89. The number of hydrogen-bond donors (Lipinski definition) is 1. The molecule has 0 unspecified atom stereocenters. The number of carbonyl (C=O) groups is 1. The number of furan rings is 1. The van der Waals surface area contributed by atoms with E-state index in [1.165, 1.54) is 24.7 Å². The van der Waals surface area contributed by atoms with Crippen LogP contribution < -0.4 is 4.72 Å². The molecular weight excluding hydrogens is 354 g/mol. The van der Waals surface area contributed by atoms with Gasteiger partial charge < -0.3 is 14.2 Å². The number of likely N-dealkylation sites (N-methyl/N-ethyl adjacent to an activating group) is 1. The molecule has 1 aliphatic heterocycles. The van der Waals surface area contributed by atoms with Crippen LogP contribution >= 0.6 is 0 Å². The number of carbonyl (C=O) groups excluding carboxylic acids is 1. The maximum absolute atomic E-state index is 12.7. The van der Waals surface area contributed by atoms with Crippen LogP contribution in [0, 0.1) is 0 Å². The molecule has 7 nitrogen and oxygen atoms in total. The van der Waals surface area contributed by atoms with Gasteiger partial charge in [-0.15, -0.1) is 0 Å². The Morgan fingerprint density at radius 3 is 2.81 bits per heavy atom. The summed E-state index contributed by atoms with van der Waals surface area (Å²) >= 11 is 0. The molecule has 1 N–H and O–H groups in total. The third-order valence-corrected chi connectivity index (χ3v) is 6.02. The average molecular weight is 377 g/mol. The predicted octanol–water partition coefficient (Wildman–Crippen LogP) is 1.53. The topological polar surface area (TPSA) is 82.9 Å². The fourth-order valence-corrected chi connectivity index (χ4v) is 4.04. The Morgan fingerprint density at radius 2 is 2.15 bits per heavy atom. The lowest BCUT2D eigenvalue weighted by molar-refractivity contribution is 0.0783. The van der Waals surface area contributed by atoms with Gasteiger partial charge in [0, 0.05) is 36.8 Å². The quantitative estimate of drug-likeness (QED) is 0.826. The Morgan fingerprint density at radius 1 is 1.35 bits per heavy atom. The lowest BCUT2D eigenvalue weighted by Gasteiger charge is -2.20. The minimum atomic E-state index is -3.71. The minimum Gasteiger partial charge on any atom is -0.472 e. The SMILES string of the molecule is CN(C)[C@@H]1CCN(C(=O)c2cccc(S(=O)(=O)NCc3ccoc3)c2)C1. The van der Waals surface area contributed by atoms with Crippen LogP contribution in [0.4, 0.5) is 0 Å². The smallest absolute Gasteiger partial charge is 0.253 e. The first-order valence-corrected chi connectivity index (χ1v) is 9.91. The second kappa shape index (κ2) is 7.61. The van der Waals surface area contributed by atoms with Gasteiger partial charge >= 0.3 is 0 Å². The number of benzene rings is 1. The van der Waals surface area contributed by atoms with E-state index in [1.807, 2.05) is 14.1 Å². The molecule has 0 saturated carbocycles. The summed E-state index contributed by atoms with van der Waals surface area (Å²) in [5.74, 6) is -0.138. The van der Waals surface area contributed by atoms with Gasteiger partial charge in [0.2, 0.25) is 10.0 Å². The number of rotatable bonds is 6. The molecule has 1 aromatic carbocycles. The first kappa shape index (κ1) is 18.6. The minimum absolute atomic E-state index is 0.0789. The molecule has 1 saturated heterocycles. The number of likely N-dealkylation sites (tertiary alicyclic amines) is 1. The zero-order valence-electron chi connectivity index (χ0n) is 14.9. The molecule has 1 atom stereocenters. The van der Waals surface area contributed by atoms with Crippen molar-refractivity contribution in [2.45, 2.75) is 23.9 Å². The summed E-state index contributed by atoms with van der Waals surface area (Å²) in [5, 5.41) is 0. The van der Waals surface area contributed by atoms with Crippen molar-refractivity contribution in [1.29, 1.82) is 0 Å². The number of hydrogen-bond acceptors (Lipinski definition) is 5. The lowest BCUT2D eigenvalue weighted by atomic mass is 10.2. The molecule has 3 rings (SSSR count). The molecule has 140 valence electrons. The van der Waals surface area contributed by atoms with E-state index in [-0.39, 0.29) is 17.3 Å². The first-order valence-electron chi connectivity index (χ1n) is 8.43. The van der Waals surface area contributed by atoms with Gasteiger partial charge in [0.25, 0.3) is 5.91 Å². The predicted molar refractivity (Wildman–Crippen MR) is 97.2 cm³/mol. The first-order chi connectivity index (χ1) is 12.4. The van der Waals surface area contributed by atoms with Crippen molar-refractivity contribution in [3.05, 3.63) is 54.0 Å². The third kappa shape index (κ3) is 4.14. The standard InChI is InChI=1S/C18H23N3O4S/c1-20(2)16-6-8-21(12-16)18(22)15-4-3-5-17(10-15)26(23,24)19-11-14-7-9-25-13-14/h3-5,7,9-10,13,16,19H,6,8,11-12H2,1-2H3/t16-/m1/s1. The average Bonchev–Trinajstić information content (AvgIpc) is 3.31. The highest BCUT2D eigenvalue weighted by Crippen LogP contribution is 2.19. The zero-order chi connectivity index (χ0) is 18.7. The van der Waals surface area contributed by atoms with Crippen molar-refractivity contribution in [3.63, 3.8) is 0 Å². The number of sulfonamides is 1. The molecule has 1 aromatic heterocycles. The van der Waals surface area contributed by atoms with Gasteiger partial charge in [-0.05, 0) is 44.8 Å². The number of nitrogens with zero attached hydrogens (tertiary/aromatic N) is 2. The molecule has 0 aliphatic carbocycles. The van der Waals surface area contributed by atoms with Gasteiger partial charge in [-0.2, -0.15) is 0 Å². The molecule has 0 radical (unpaired) electrons. The van der Waals surface area contributed by atoms with E-state index in [0.717, 1.165) is 12.0 Å². The molecule has 0 bridgehead atoms. The van der Waals surface area contributed by atoms with Crippen molar-refractivity contribution in [1.82, 2.24) is 14.5 Å². The van der Waals surface area contributed by atoms with Crippen molar-refractivity contribution in [3.8, 4) is 0 Å². The maximum atomic E-state index is 12.7. The van der Waals surface area contributed by atoms with Gasteiger partial charge in [0.1, 0.15) is 0 Å². The Bertz CT molecular complexity index is 862. The molecule has 26 heavy (non-hydrogen) atoms. The molecule has 1 fully saturated rings. The summed E-state index contributed by atoms with van der Waals surface area (Å²) in [6.45, 7) is 1.46. The Hall–Kier alpha value is -2.16. The van der Waals surface area contributed by atoms with Gasteiger partial charge in [0.05, 0.1) is 17.4 Å². The monoisotopic (exact) mass is 377 g/mol. The second-order valence-corrected chi connectivity index (χ2v) is 8.41. The van der Waals surface area contributed by atoms with Crippen LogP contribution in [-0.4, -0.2) is 57.4 Å². The van der Waals surface area contributed by atoms with Crippen LogP contribution in [0.25, 0.3) is 0 Å². The highest BCUT2D eigenvalue weighted by molar-refractivity contribution is 7.89. The van der Waals surface area contributed by atoms with E-state index in [2.05, 4.69) is 9.62 Å². The van der Waals surface area contributed by atoms with Gasteiger partial charge in [0.15, 0.2) is 0 Å². The summed E-state index contributed by atoms with van der Waals surface area (Å²) in [5.41, 5.74) is 1.11. The number of nitrogens with one attached hydrogen (secondary N) is 1. The van der Waals surface area contributed by atoms with E-state index in [1.54, 1.807) is 23.1 Å². The van der Waals surface area contributed by atoms with Crippen LogP contribution in [-0.2, 0) is 16.6 Å². The second-order valence-electron chi connectivity index (χ2n) is 6.64. The molecule has 8 heteroatoms. The summed E-state index contributed by atoms with van der Waals surface area (Å²) in [4.78, 5) is 16.7. The highest BCUT2D eigenvalue weighted by atomic mass is 32.2. The Balaban J connectivity index is 1.72. The van der Waals surface area contributed by atoms with Crippen LogP contribution in [0.3, 0.4) is 0 Å². The maximum Gasteiger partial charge on any atom is 0.253 e. The van der Waals surface area contributed by atoms with Crippen LogP contribution in [0.15, 0.2) is 52.2 Å². The Kier molecular flexibility index (Phi) is 5.45. The molecule has 2 aromatic rings. The normalized spacial score (nSPS) is 17.8. The van der Waals surface area contributed by atoms with E-state index >= 15 is 0 Å². The van der Waals surface area contributed by atoms with E-state index < -0.39 is 10.0 Å². The zero-order valence-corrected chi connectivity index (χ0v) is 15.7. The van der Waals surface area contributed by atoms with Gasteiger partial charge in [-0.25, -0.2) is 13.1 Å². The lowest BCUT2D eigenvalue weighted by Crippen LogP contribution is -2.34. The van der Waals surface area contributed by atoms with Crippen molar-refractivity contribution in [2.75, 3.05) is 27.2 Å². The third-order valence-electron chi connectivity index (χ3n) is 4.62. The molecular formula is C18H23N3O4S. The fourth-order valence-electron chi connectivity index (χ4n) is 2.98. The highest BCUT2D eigenvalue weighted by Gasteiger charge is 2.28. The van der Waals surface area contributed by atoms with Crippen LogP contribution in [0.2, 0.25) is 0 Å². The van der Waals surface area contributed by atoms with E-state index in [4.69, 9.17) is 4.42 Å². The number of amides is 1. The van der Waals surface area contributed by atoms with Crippen LogP contribution in [0.1, 0.15) is 22.3 Å². The van der Waals surface area contributed by atoms with E-state index in [9.17, 15) is 13.2 Å². The van der Waals surface area contributed by atoms with Gasteiger partial charge in [-0.3, -0.25) is 4.79 Å². The van der Waals surface area contributed by atoms with Crippen molar-refractivity contribution in [2.24, 2.45) is 0 Å². The van der Waals surface area contributed by atoms with Crippen molar-refractivity contribution < 1.29 is 17.6 Å². The largest absolute Gasteiger partial charge is 0.472 e. The molecule has 2 heterocycles. The summed E-state index contributed by atoms with van der Waals surface area (Å²) in [7, 11) is 0.284. The molecule has 0 spiro atoms. The fraction of sp³-hybridized carbons (Fsp3) is 0.389.